The van der Waals surface area contributed by atoms with E-state index >= 15 is 0 Å². The number of ether oxygens (including phenoxy) is 1. The summed E-state index contributed by atoms with van der Waals surface area (Å²) in [6.45, 7) is 6.55. The van der Waals surface area contributed by atoms with E-state index in [0.29, 0.717) is 34.1 Å². The zero-order chi connectivity index (χ0) is 50.3. The Morgan fingerprint density at radius 3 is 2.03 bits per heavy atom. The second-order valence-corrected chi connectivity index (χ2v) is 17.7. The summed E-state index contributed by atoms with van der Waals surface area (Å²) in [7, 11) is 0. The van der Waals surface area contributed by atoms with Crippen LogP contribution in [0.3, 0.4) is 0 Å². The highest BCUT2D eigenvalue weighted by molar-refractivity contribution is 6.09. The Bertz CT molecular complexity index is 3800. The SMILES string of the molecule is [2H]c1c([2H])c([2H])c(-c2cc(C34CC(C3)C4)cc(-c3c([2H])c([2H])c([2H])c([2H])c3[2H])c2-[n+]2[c-]n(-c3cccc(Oc4ccc5c6ccccc6n(-c6cc(C(C)(C)C)ccn6)c5c4)c3)c3ccccc32)c([2H])c1[2H]. The summed E-state index contributed by atoms with van der Waals surface area (Å²) >= 11 is 0. The van der Waals surface area contributed by atoms with Gasteiger partial charge in [-0.3, -0.25) is 13.7 Å². The summed E-state index contributed by atoms with van der Waals surface area (Å²) < 4.78 is 102. The van der Waals surface area contributed by atoms with Gasteiger partial charge in [0.2, 0.25) is 0 Å². The number of hydrogen-bond acceptors (Lipinski definition) is 2. The lowest BCUT2D eigenvalue weighted by atomic mass is 9.42. The molecular formula is C57H46N4O. The number of benzene rings is 7. The Hall–Kier alpha value is -7.24. The third kappa shape index (κ3) is 5.90. The zero-order valence-corrected chi connectivity index (χ0v) is 34.4. The first kappa shape index (κ1) is 27.6. The smallest absolute Gasteiger partial charge is 0.269 e. The second-order valence-electron chi connectivity index (χ2n) is 17.7. The highest BCUT2D eigenvalue weighted by Gasteiger charge is 2.57. The van der Waals surface area contributed by atoms with Crippen molar-refractivity contribution in [2.75, 3.05) is 0 Å². The van der Waals surface area contributed by atoms with Crippen LogP contribution in [-0.4, -0.2) is 14.1 Å². The summed E-state index contributed by atoms with van der Waals surface area (Å²) in [6.07, 6.45) is 8.06. The maximum atomic E-state index is 9.29. The fraction of sp³-hybridized carbons (Fsp3) is 0.158. The molecule has 62 heavy (non-hydrogen) atoms. The monoisotopic (exact) mass is 812 g/mol. The zero-order valence-electron chi connectivity index (χ0n) is 44.4. The minimum absolute atomic E-state index is 0.0695. The molecule has 3 heterocycles. The maximum absolute atomic E-state index is 9.29. The van der Waals surface area contributed by atoms with Crippen LogP contribution < -0.4 is 9.30 Å². The minimum atomic E-state index is -0.542. The topological polar surface area (TPSA) is 35.9 Å². The molecule has 3 fully saturated rings. The average molecular weight is 813 g/mol. The molecule has 5 heteroatoms. The fourth-order valence-electron chi connectivity index (χ4n) is 9.67. The number of imidazole rings is 1. The molecule has 0 amide bonds. The summed E-state index contributed by atoms with van der Waals surface area (Å²) in [6, 6.07) is 32.5. The van der Waals surface area contributed by atoms with E-state index in [4.69, 9.17) is 17.9 Å². The molecule has 13 rings (SSSR count). The summed E-state index contributed by atoms with van der Waals surface area (Å²) in [5, 5.41) is 2.14. The lowest BCUT2D eigenvalue weighted by molar-refractivity contribution is -0.571. The van der Waals surface area contributed by atoms with Crippen LogP contribution in [0.1, 0.15) is 64.9 Å². The van der Waals surface area contributed by atoms with Crippen LogP contribution in [0.15, 0.2) is 182 Å². The molecule has 0 atom stereocenters. The molecule has 0 radical (unpaired) electrons. The third-order valence-electron chi connectivity index (χ3n) is 12.9. The van der Waals surface area contributed by atoms with E-state index in [1.165, 1.54) is 0 Å². The van der Waals surface area contributed by atoms with Crippen LogP contribution in [0.2, 0.25) is 0 Å². The van der Waals surface area contributed by atoms with Crippen LogP contribution >= 0.6 is 0 Å². The van der Waals surface area contributed by atoms with E-state index in [9.17, 15) is 5.48 Å². The average Bonchev–Trinajstić information content (AvgIpc) is 3.89. The lowest BCUT2D eigenvalue weighted by Crippen LogP contribution is -2.55. The van der Waals surface area contributed by atoms with Gasteiger partial charge in [0.05, 0.1) is 47.1 Å². The standard InChI is InChI=1S/C57H46N4O/c1-56(2,3)41-27-28-58-54(31-41)61-50-22-11-10-21-46(50)47-26-25-45(33-53(47)61)62-44-20-14-19-43(32-44)59-37-60(52-24-13-12-23-51(52)59)55-48(39-15-6-4-7-16-39)29-42(57-34-38(35-57)36-57)30-49(55)40-17-8-5-9-18-40/h4-33,38H,34-36H2,1-3H3/i4D,5D,6D,7D,8D,9D,15D,16D,17D,18D. The molecule has 0 unspecified atom stereocenters. The van der Waals surface area contributed by atoms with Gasteiger partial charge in [-0.25, -0.2) is 4.98 Å². The normalized spacial score (nSPS) is 19.2. The maximum Gasteiger partial charge on any atom is 0.269 e. The van der Waals surface area contributed by atoms with E-state index in [2.05, 4.69) is 62.0 Å². The predicted molar refractivity (Wildman–Crippen MR) is 251 cm³/mol. The van der Waals surface area contributed by atoms with Crippen LogP contribution in [0.25, 0.3) is 72.3 Å². The summed E-state index contributed by atoms with van der Waals surface area (Å²) in [5.74, 6) is 2.47. The van der Waals surface area contributed by atoms with Crippen molar-refractivity contribution in [3.8, 4) is 50.9 Å². The van der Waals surface area contributed by atoms with Gasteiger partial charge in [0, 0.05) is 23.0 Å². The molecular weight excluding hydrogens is 757 g/mol. The van der Waals surface area contributed by atoms with Crippen LogP contribution in [0, 0.1) is 12.2 Å². The molecule has 10 aromatic rings. The van der Waals surface area contributed by atoms with Gasteiger partial charge < -0.3 is 4.74 Å². The number of pyridine rings is 1. The van der Waals surface area contributed by atoms with E-state index in [1.54, 1.807) is 4.57 Å². The molecule has 3 aliphatic rings. The first-order valence-electron chi connectivity index (χ1n) is 26.0. The van der Waals surface area contributed by atoms with Crippen molar-refractivity contribution in [2.24, 2.45) is 5.92 Å². The Labute approximate surface area is 376 Å². The van der Waals surface area contributed by atoms with Gasteiger partial charge in [-0.05, 0) is 118 Å². The molecule has 7 aromatic carbocycles. The number of nitrogens with zero attached hydrogens (tertiary/aromatic N) is 4. The van der Waals surface area contributed by atoms with Crippen molar-refractivity contribution in [1.82, 2.24) is 14.1 Å². The molecule has 5 nitrogen and oxygen atoms in total. The van der Waals surface area contributed by atoms with Crippen molar-refractivity contribution in [3.63, 3.8) is 0 Å². The van der Waals surface area contributed by atoms with Gasteiger partial charge in [0.15, 0.2) is 0 Å². The number of rotatable bonds is 8. The fourth-order valence-corrected chi connectivity index (χ4v) is 9.67. The van der Waals surface area contributed by atoms with E-state index in [1.807, 2.05) is 95.7 Å². The Morgan fingerprint density at radius 1 is 0.677 bits per heavy atom. The largest absolute Gasteiger partial charge is 0.458 e. The lowest BCUT2D eigenvalue weighted by Gasteiger charge is -2.62. The van der Waals surface area contributed by atoms with Gasteiger partial charge in [0.1, 0.15) is 17.3 Å². The molecule has 300 valence electrons. The molecule has 3 saturated carbocycles. The van der Waals surface area contributed by atoms with Gasteiger partial charge in [-0.2, -0.15) is 0 Å². The third-order valence-corrected chi connectivity index (χ3v) is 12.9. The highest BCUT2D eigenvalue weighted by atomic mass is 16.5. The van der Waals surface area contributed by atoms with Crippen molar-refractivity contribution >= 4 is 32.8 Å². The molecule has 3 aromatic heterocycles. The number of hydrogen-bond donors (Lipinski definition) is 0. The van der Waals surface area contributed by atoms with Gasteiger partial charge in [-0.1, -0.05) is 142 Å². The molecule has 0 N–H and O–H groups in total. The first-order valence-corrected chi connectivity index (χ1v) is 21.0. The van der Waals surface area contributed by atoms with Crippen LogP contribution in [-0.2, 0) is 10.8 Å². The van der Waals surface area contributed by atoms with E-state index in [0.717, 1.165) is 58.0 Å². The molecule has 3 aliphatic carbocycles. The first-order chi connectivity index (χ1) is 34.4. The molecule has 0 saturated heterocycles. The van der Waals surface area contributed by atoms with Gasteiger partial charge >= 0.3 is 0 Å². The van der Waals surface area contributed by atoms with Crippen molar-refractivity contribution < 1.29 is 23.0 Å². The highest BCUT2D eigenvalue weighted by Crippen LogP contribution is 2.65. The van der Waals surface area contributed by atoms with E-state index in [-0.39, 0.29) is 38.8 Å². The van der Waals surface area contributed by atoms with Gasteiger partial charge in [-0.15, -0.1) is 0 Å². The van der Waals surface area contributed by atoms with Crippen molar-refractivity contribution in [3.05, 3.63) is 199 Å². The number of fused-ring (bicyclic) bond motifs is 4. The van der Waals surface area contributed by atoms with Crippen molar-refractivity contribution in [2.45, 2.75) is 50.9 Å². The minimum Gasteiger partial charge on any atom is -0.458 e. The number of aromatic nitrogens is 4. The Kier molecular flexibility index (Phi) is 6.18. The molecule has 0 spiro atoms. The summed E-state index contributed by atoms with van der Waals surface area (Å²) in [5.41, 5.74) is 6.12. The quantitative estimate of drug-likeness (QED) is 0.113. The van der Waals surface area contributed by atoms with E-state index < -0.39 is 60.4 Å². The molecule has 2 bridgehead atoms. The Balaban J connectivity index is 1.05. The number of para-hydroxylation sites is 3. The van der Waals surface area contributed by atoms with Crippen LogP contribution in [0.5, 0.6) is 11.5 Å². The van der Waals surface area contributed by atoms with Gasteiger partial charge in [0.25, 0.3) is 6.33 Å². The Morgan fingerprint density at radius 2 is 1.34 bits per heavy atom. The predicted octanol–water partition coefficient (Wildman–Crippen LogP) is 13.7. The van der Waals surface area contributed by atoms with Crippen LogP contribution in [0.4, 0.5) is 0 Å². The molecule has 0 aliphatic heterocycles. The van der Waals surface area contributed by atoms with Crippen molar-refractivity contribution in [1.29, 1.82) is 0 Å². The second kappa shape index (κ2) is 13.9. The summed E-state index contributed by atoms with van der Waals surface area (Å²) in [4.78, 5) is 4.84.